The highest BCUT2D eigenvalue weighted by molar-refractivity contribution is 5.38. The fraction of sp³-hybridized carbons (Fsp3) is 0.286. The van der Waals surface area contributed by atoms with Crippen molar-refractivity contribution in [2.45, 2.75) is 19.0 Å². The summed E-state index contributed by atoms with van der Waals surface area (Å²) in [6.45, 7) is 1.97. The zero-order chi connectivity index (χ0) is 11.5. The van der Waals surface area contributed by atoms with Crippen LogP contribution in [0.1, 0.15) is 17.0 Å². The normalized spacial score (nSPS) is 23.4. The van der Waals surface area contributed by atoms with Gasteiger partial charge in [-0.15, -0.1) is 0 Å². The minimum atomic E-state index is -1.00. The average Bonchev–Trinajstić information content (AvgIpc) is 2.28. The van der Waals surface area contributed by atoms with Gasteiger partial charge in [-0.3, -0.25) is 0 Å². The number of ether oxygens (including phenoxy) is 1. The molecule has 0 saturated carbocycles. The summed E-state index contributed by atoms with van der Waals surface area (Å²) < 4.78 is 18.9. The van der Waals surface area contributed by atoms with Gasteiger partial charge in [0.25, 0.3) is 0 Å². The maximum Gasteiger partial charge on any atom is 0.129 e. The van der Waals surface area contributed by atoms with Gasteiger partial charge in [0.1, 0.15) is 11.9 Å². The van der Waals surface area contributed by atoms with E-state index >= 15 is 0 Å². The van der Waals surface area contributed by atoms with Crippen molar-refractivity contribution < 1.29 is 9.13 Å². The fourth-order valence-corrected chi connectivity index (χ4v) is 1.88. The van der Waals surface area contributed by atoms with Crippen LogP contribution in [0.5, 0.6) is 5.75 Å². The second-order valence-corrected chi connectivity index (χ2v) is 3.92. The number of methoxy groups -OCH3 is 1. The molecule has 1 aliphatic rings. The van der Waals surface area contributed by atoms with Gasteiger partial charge in [0, 0.05) is 5.92 Å². The third-order valence-corrected chi connectivity index (χ3v) is 2.65. The summed E-state index contributed by atoms with van der Waals surface area (Å²) in [7, 11) is 1.62. The fourth-order valence-electron chi connectivity index (χ4n) is 1.88. The summed E-state index contributed by atoms with van der Waals surface area (Å²) in [5.41, 5.74) is 1.97. The largest absolute Gasteiger partial charge is 0.497 e. The second kappa shape index (κ2) is 4.52. The van der Waals surface area contributed by atoms with E-state index in [1.807, 2.05) is 25.1 Å². The molecule has 1 aromatic carbocycles. The van der Waals surface area contributed by atoms with Crippen molar-refractivity contribution in [3.05, 3.63) is 53.6 Å². The number of halogens is 1. The zero-order valence-electron chi connectivity index (χ0n) is 9.41. The Morgan fingerprint density at radius 2 is 2.12 bits per heavy atom. The molecule has 0 amide bonds. The lowest BCUT2D eigenvalue weighted by atomic mass is 9.90. The Kier molecular flexibility index (Phi) is 3.09. The van der Waals surface area contributed by atoms with Gasteiger partial charge in [-0.25, -0.2) is 4.39 Å². The van der Waals surface area contributed by atoms with E-state index in [4.69, 9.17) is 4.74 Å². The van der Waals surface area contributed by atoms with Crippen LogP contribution >= 0.6 is 0 Å². The van der Waals surface area contributed by atoms with Gasteiger partial charge in [0.2, 0.25) is 0 Å². The first-order chi connectivity index (χ1) is 7.70. The molecule has 0 bridgehead atoms. The molecule has 0 N–H and O–H groups in total. The van der Waals surface area contributed by atoms with E-state index < -0.39 is 6.17 Å². The smallest absolute Gasteiger partial charge is 0.129 e. The molecule has 1 aromatic rings. The molecule has 0 heterocycles. The summed E-state index contributed by atoms with van der Waals surface area (Å²) in [5.74, 6) is 0.442. The first-order valence-electron chi connectivity index (χ1n) is 5.26. The van der Waals surface area contributed by atoms with Crippen LogP contribution in [-0.4, -0.2) is 13.3 Å². The molecular weight excluding hydrogens is 203 g/mol. The monoisotopic (exact) mass is 217 g/mol. The highest BCUT2D eigenvalue weighted by Crippen LogP contribution is 2.30. The average molecular weight is 217 g/mol. The number of rotatable bonds is 2. The molecule has 0 spiro atoms. The quantitative estimate of drug-likeness (QED) is 0.738. The van der Waals surface area contributed by atoms with Crippen LogP contribution < -0.4 is 4.74 Å². The van der Waals surface area contributed by atoms with Crippen LogP contribution in [0.3, 0.4) is 0 Å². The molecule has 0 saturated heterocycles. The molecule has 0 fully saturated rings. The Hall–Kier alpha value is -1.57. The molecule has 2 heteroatoms. The lowest BCUT2D eigenvalue weighted by Crippen LogP contribution is -2.12. The highest BCUT2D eigenvalue weighted by atomic mass is 19.1. The molecule has 16 heavy (non-hydrogen) atoms. The van der Waals surface area contributed by atoms with Crippen LogP contribution in [0.2, 0.25) is 0 Å². The van der Waals surface area contributed by atoms with Crippen LogP contribution in [0.25, 0.3) is 0 Å². The number of benzene rings is 1. The van der Waals surface area contributed by atoms with Gasteiger partial charge >= 0.3 is 0 Å². The van der Waals surface area contributed by atoms with Crippen molar-refractivity contribution >= 4 is 0 Å². The van der Waals surface area contributed by atoms with Crippen molar-refractivity contribution in [2.75, 3.05) is 7.11 Å². The minimum absolute atomic E-state index is 0.321. The topological polar surface area (TPSA) is 9.23 Å². The van der Waals surface area contributed by atoms with E-state index in [1.54, 1.807) is 25.3 Å². The van der Waals surface area contributed by atoms with E-state index in [0.29, 0.717) is 0 Å². The molecule has 2 atom stereocenters. The van der Waals surface area contributed by atoms with Crippen molar-refractivity contribution in [2.24, 2.45) is 0 Å². The minimum Gasteiger partial charge on any atom is -0.497 e. The molecule has 1 nitrogen and oxygen atoms in total. The van der Waals surface area contributed by atoms with Crippen molar-refractivity contribution in [1.29, 1.82) is 0 Å². The van der Waals surface area contributed by atoms with E-state index in [9.17, 15) is 4.39 Å². The number of hydrogen-bond donors (Lipinski definition) is 0. The maximum absolute atomic E-state index is 13.7. The summed E-state index contributed by atoms with van der Waals surface area (Å²) in [5, 5.41) is 0. The Morgan fingerprint density at radius 3 is 2.81 bits per heavy atom. The standard InChI is InChI=1S/C14H14FO/c1-10-7-11(9-12(8-10)16-2)13-5-3-4-6-14(13)15/h3-4,6-9,13-14H,1-2H3. The first kappa shape index (κ1) is 10.9. The van der Waals surface area contributed by atoms with Gasteiger partial charge in [-0.1, -0.05) is 18.2 Å². The third kappa shape index (κ3) is 2.16. The highest BCUT2D eigenvalue weighted by Gasteiger charge is 2.20. The summed E-state index contributed by atoms with van der Waals surface area (Å²) in [6.07, 6.45) is 7.02. The Morgan fingerprint density at radius 1 is 1.31 bits per heavy atom. The van der Waals surface area contributed by atoms with Gasteiger partial charge in [-0.05, 0) is 42.3 Å². The van der Waals surface area contributed by atoms with E-state index in [1.165, 1.54) is 0 Å². The van der Waals surface area contributed by atoms with Crippen molar-refractivity contribution in [1.82, 2.24) is 0 Å². The van der Waals surface area contributed by atoms with Gasteiger partial charge in [0.05, 0.1) is 7.11 Å². The van der Waals surface area contributed by atoms with Crippen molar-refractivity contribution in [3.63, 3.8) is 0 Å². The van der Waals surface area contributed by atoms with E-state index in [2.05, 4.69) is 6.08 Å². The first-order valence-corrected chi connectivity index (χ1v) is 5.26. The molecular formula is C14H14FO. The number of aryl methyl sites for hydroxylation is 1. The van der Waals surface area contributed by atoms with Crippen LogP contribution in [0.4, 0.5) is 4.39 Å². The van der Waals surface area contributed by atoms with E-state index in [0.717, 1.165) is 16.9 Å². The van der Waals surface area contributed by atoms with Crippen LogP contribution in [0.15, 0.2) is 36.4 Å². The van der Waals surface area contributed by atoms with Gasteiger partial charge in [0.15, 0.2) is 0 Å². The molecule has 83 valence electrons. The summed E-state index contributed by atoms with van der Waals surface area (Å²) in [4.78, 5) is 0. The van der Waals surface area contributed by atoms with E-state index in [-0.39, 0.29) is 5.92 Å². The maximum atomic E-state index is 13.7. The van der Waals surface area contributed by atoms with Gasteiger partial charge in [-0.2, -0.15) is 0 Å². The van der Waals surface area contributed by atoms with Crippen molar-refractivity contribution in [3.8, 4) is 5.75 Å². The molecule has 0 aliphatic heterocycles. The van der Waals surface area contributed by atoms with Crippen LogP contribution in [-0.2, 0) is 0 Å². The SMILES string of the molecule is COc1cc(C)cc(C2[C]=CC=CC2F)c1. The van der Waals surface area contributed by atoms with Gasteiger partial charge < -0.3 is 4.74 Å². The predicted octanol–water partition coefficient (Wildman–Crippen LogP) is 3.35. The second-order valence-electron chi connectivity index (χ2n) is 3.92. The Bertz CT molecular complexity index is 434. The lowest BCUT2D eigenvalue weighted by molar-refractivity contribution is 0.362. The third-order valence-electron chi connectivity index (χ3n) is 2.65. The molecule has 2 unspecified atom stereocenters. The molecule has 2 rings (SSSR count). The molecule has 1 radical (unpaired) electrons. The summed E-state index contributed by atoms with van der Waals surface area (Å²) >= 11 is 0. The zero-order valence-corrected chi connectivity index (χ0v) is 9.41. The van der Waals surface area contributed by atoms with Crippen LogP contribution in [0, 0.1) is 13.0 Å². The number of hydrogen-bond acceptors (Lipinski definition) is 1. The molecule has 0 aromatic heterocycles. The number of alkyl halides is 1. The Labute approximate surface area is 95.2 Å². The summed E-state index contributed by atoms with van der Waals surface area (Å²) in [6, 6.07) is 5.77. The number of allylic oxidation sites excluding steroid dienone is 4. The molecule has 1 aliphatic carbocycles. The predicted molar refractivity (Wildman–Crippen MR) is 62.3 cm³/mol. The lowest BCUT2D eigenvalue weighted by Gasteiger charge is -2.18. The Balaban J connectivity index is 2.36.